The van der Waals surface area contributed by atoms with E-state index in [1.165, 1.54) is 0 Å². The fraction of sp³-hybridized carbons (Fsp3) is 0.211. The van der Waals surface area contributed by atoms with Crippen molar-refractivity contribution in [3.05, 3.63) is 64.7 Å². The summed E-state index contributed by atoms with van der Waals surface area (Å²) in [6.07, 6.45) is 0.157. The molecule has 2 rings (SSSR count). The lowest BCUT2D eigenvalue weighted by Gasteiger charge is -2.20. The van der Waals surface area contributed by atoms with E-state index in [2.05, 4.69) is 5.32 Å². The Bertz CT molecular complexity index is 789. The molecule has 0 aliphatic heterocycles. The molecule has 26 heavy (non-hydrogen) atoms. The predicted molar refractivity (Wildman–Crippen MR) is 101 cm³/mol. The van der Waals surface area contributed by atoms with Crippen molar-refractivity contribution < 1.29 is 14.4 Å². The molecule has 7 heteroatoms. The highest BCUT2D eigenvalue weighted by Crippen LogP contribution is 2.13. The van der Waals surface area contributed by atoms with Crippen LogP contribution in [0.1, 0.15) is 34.1 Å². The minimum absolute atomic E-state index is 0.150. The van der Waals surface area contributed by atoms with Gasteiger partial charge in [-0.05, 0) is 55.5 Å². The van der Waals surface area contributed by atoms with Gasteiger partial charge in [0.2, 0.25) is 11.8 Å². The lowest BCUT2D eigenvalue weighted by molar-refractivity contribution is -0.116. The van der Waals surface area contributed by atoms with Gasteiger partial charge in [0.15, 0.2) is 0 Å². The molecule has 0 aromatic heterocycles. The van der Waals surface area contributed by atoms with Gasteiger partial charge < -0.3 is 16.0 Å². The molecule has 0 aliphatic rings. The van der Waals surface area contributed by atoms with E-state index in [0.29, 0.717) is 34.9 Å². The number of benzene rings is 2. The van der Waals surface area contributed by atoms with E-state index in [-0.39, 0.29) is 18.2 Å². The van der Waals surface area contributed by atoms with Gasteiger partial charge in [-0.3, -0.25) is 14.4 Å². The number of hydrogen-bond acceptors (Lipinski definition) is 3. The van der Waals surface area contributed by atoms with Crippen LogP contribution in [0.4, 0.5) is 5.69 Å². The van der Waals surface area contributed by atoms with E-state index < -0.39 is 5.91 Å². The van der Waals surface area contributed by atoms with Crippen molar-refractivity contribution in [2.45, 2.75) is 13.3 Å². The van der Waals surface area contributed by atoms with Crippen LogP contribution in [-0.2, 0) is 4.79 Å². The van der Waals surface area contributed by atoms with Crippen molar-refractivity contribution in [3.8, 4) is 0 Å². The summed E-state index contributed by atoms with van der Waals surface area (Å²) in [7, 11) is 0. The van der Waals surface area contributed by atoms with Gasteiger partial charge in [0.05, 0.1) is 0 Å². The van der Waals surface area contributed by atoms with Gasteiger partial charge in [-0.25, -0.2) is 0 Å². The van der Waals surface area contributed by atoms with Crippen molar-refractivity contribution >= 4 is 35.0 Å². The standard InChI is InChI=1S/C19H20ClN3O3/c1-2-23(19(26)14-3-7-15(20)8-4-14)12-11-17(24)22-16-9-5-13(6-10-16)18(21)25/h3-10H,2,11-12H2,1H3,(H2,21,25)(H,22,24). The highest BCUT2D eigenvalue weighted by Gasteiger charge is 2.15. The van der Waals surface area contributed by atoms with Crippen LogP contribution in [0.2, 0.25) is 5.02 Å². The monoisotopic (exact) mass is 373 g/mol. The van der Waals surface area contributed by atoms with Crippen LogP contribution >= 0.6 is 11.6 Å². The van der Waals surface area contributed by atoms with E-state index in [1.54, 1.807) is 53.4 Å². The van der Waals surface area contributed by atoms with E-state index in [9.17, 15) is 14.4 Å². The summed E-state index contributed by atoms with van der Waals surface area (Å²) in [4.78, 5) is 37.2. The van der Waals surface area contributed by atoms with Crippen molar-refractivity contribution in [1.29, 1.82) is 0 Å². The number of anilines is 1. The first kappa shape index (κ1) is 19.5. The number of carbonyl (C=O) groups excluding carboxylic acids is 3. The fourth-order valence-corrected chi connectivity index (χ4v) is 2.48. The average Bonchev–Trinajstić information content (AvgIpc) is 2.63. The van der Waals surface area contributed by atoms with Crippen molar-refractivity contribution in [2.24, 2.45) is 5.73 Å². The third-order valence-corrected chi connectivity index (χ3v) is 4.07. The quantitative estimate of drug-likeness (QED) is 0.781. The minimum Gasteiger partial charge on any atom is -0.366 e. The normalized spacial score (nSPS) is 10.2. The molecule has 0 atom stereocenters. The maximum atomic E-state index is 12.5. The first-order valence-corrected chi connectivity index (χ1v) is 8.53. The Morgan fingerprint density at radius 3 is 2.12 bits per heavy atom. The second kappa shape index (κ2) is 9.01. The second-order valence-corrected chi connectivity index (χ2v) is 6.07. The first-order chi connectivity index (χ1) is 12.4. The zero-order valence-electron chi connectivity index (χ0n) is 14.4. The fourth-order valence-electron chi connectivity index (χ4n) is 2.36. The number of primary amides is 1. The Morgan fingerprint density at radius 2 is 1.58 bits per heavy atom. The van der Waals surface area contributed by atoms with Gasteiger partial charge in [-0.2, -0.15) is 0 Å². The van der Waals surface area contributed by atoms with Crippen LogP contribution in [0, 0.1) is 0 Å². The number of rotatable bonds is 7. The summed E-state index contributed by atoms with van der Waals surface area (Å²) in [5, 5.41) is 3.29. The highest BCUT2D eigenvalue weighted by atomic mass is 35.5. The first-order valence-electron chi connectivity index (χ1n) is 8.15. The van der Waals surface area contributed by atoms with E-state index in [4.69, 9.17) is 17.3 Å². The zero-order chi connectivity index (χ0) is 19.1. The Kier molecular flexibility index (Phi) is 6.74. The third-order valence-electron chi connectivity index (χ3n) is 3.82. The molecule has 0 saturated heterocycles. The topological polar surface area (TPSA) is 92.5 Å². The molecular weight excluding hydrogens is 354 g/mol. The summed E-state index contributed by atoms with van der Waals surface area (Å²) in [6.45, 7) is 2.64. The molecule has 3 amide bonds. The molecular formula is C19H20ClN3O3. The molecule has 0 aliphatic carbocycles. The molecule has 0 radical (unpaired) electrons. The molecule has 3 N–H and O–H groups in total. The molecule has 0 bridgehead atoms. The minimum atomic E-state index is -0.526. The van der Waals surface area contributed by atoms with Gasteiger partial charge in [0.1, 0.15) is 0 Å². The molecule has 2 aromatic carbocycles. The highest BCUT2D eigenvalue weighted by molar-refractivity contribution is 6.30. The predicted octanol–water partition coefficient (Wildman–Crippen LogP) is 2.93. The number of halogens is 1. The van der Waals surface area contributed by atoms with Gasteiger partial charge in [-0.1, -0.05) is 11.6 Å². The van der Waals surface area contributed by atoms with Gasteiger partial charge in [-0.15, -0.1) is 0 Å². The van der Waals surface area contributed by atoms with Crippen LogP contribution in [0.5, 0.6) is 0 Å². The van der Waals surface area contributed by atoms with E-state index in [1.807, 2.05) is 6.92 Å². The molecule has 0 saturated carbocycles. The molecule has 0 heterocycles. The van der Waals surface area contributed by atoms with Crippen molar-refractivity contribution in [1.82, 2.24) is 4.90 Å². The Morgan fingerprint density at radius 1 is 1.00 bits per heavy atom. The van der Waals surface area contributed by atoms with Crippen LogP contribution in [0.3, 0.4) is 0 Å². The number of carbonyl (C=O) groups is 3. The van der Waals surface area contributed by atoms with Crippen LogP contribution in [0.25, 0.3) is 0 Å². The molecule has 0 spiro atoms. The number of nitrogens with one attached hydrogen (secondary N) is 1. The molecule has 0 unspecified atom stereocenters. The van der Waals surface area contributed by atoms with Crippen LogP contribution < -0.4 is 11.1 Å². The summed E-state index contributed by atoms with van der Waals surface area (Å²) < 4.78 is 0. The summed E-state index contributed by atoms with van der Waals surface area (Å²) in [5.41, 5.74) is 6.63. The number of amides is 3. The summed E-state index contributed by atoms with van der Waals surface area (Å²) in [6, 6.07) is 12.9. The molecule has 136 valence electrons. The second-order valence-electron chi connectivity index (χ2n) is 5.63. The van der Waals surface area contributed by atoms with Gasteiger partial charge in [0, 0.05) is 41.3 Å². The Hall–Kier alpha value is -2.86. The van der Waals surface area contributed by atoms with Crippen molar-refractivity contribution in [2.75, 3.05) is 18.4 Å². The Balaban J connectivity index is 1.90. The van der Waals surface area contributed by atoms with Gasteiger partial charge in [0.25, 0.3) is 5.91 Å². The van der Waals surface area contributed by atoms with Crippen LogP contribution in [0.15, 0.2) is 48.5 Å². The van der Waals surface area contributed by atoms with Crippen LogP contribution in [-0.4, -0.2) is 35.7 Å². The molecule has 2 aromatic rings. The zero-order valence-corrected chi connectivity index (χ0v) is 15.1. The largest absolute Gasteiger partial charge is 0.366 e. The number of nitrogens with two attached hydrogens (primary N) is 1. The summed E-state index contributed by atoms with van der Waals surface area (Å²) in [5.74, 6) is -0.899. The SMILES string of the molecule is CCN(CCC(=O)Nc1ccc(C(N)=O)cc1)C(=O)c1ccc(Cl)cc1. The molecule has 6 nitrogen and oxygen atoms in total. The average molecular weight is 374 g/mol. The third kappa shape index (κ3) is 5.32. The maximum absolute atomic E-state index is 12.5. The van der Waals surface area contributed by atoms with Gasteiger partial charge >= 0.3 is 0 Å². The Labute approximate surface area is 156 Å². The summed E-state index contributed by atoms with van der Waals surface area (Å²) >= 11 is 5.83. The number of hydrogen-bond donors (Lipinski definition) is 2. The van der Waals surface area contributed by atoms with E-state index in [0.717, 1.165) is 0 Å². The van der Waals surface area contributed by atoms with Crippen molar-refractivity contribution in [3.63, 3.8) is 0 Å². The smallest absolute Gasteiger partial charge is 0.253 e. The molecule has 0 fully saturated rings. The lowest BCUT2D eigenvalue weighted by Crippen LogP contribution is -2.33. The number of nitrogens with zero attached hydrogens (tertiary/aromatic N) is 1. The van der Waals surface area contributed by atoms with E-state index >= 15 is 0 Å². The lowest BCUT2D eigenvalue weighted by atomic mass is 10.2. The maximum Gasteiger partial charge on any atom is 0.253 e.